The van der Waals surface area contributed by atoms with Crippen molar-refractivity contribution in [3.8, 4) is 0 Å². The third-order valence-corrected chi connectivity index (χ3v) is 1.25. The summed E-state index contributed by atoms with van der Waals surface area (Å²) >= 11 is 0. The summed E-state index contributed by atoms with van der Waals surface area (Å²) < 4.78 is 0. The molecule has 0 unspecified atom stereocenters. The predicted octanol–water partition coefficient (Wildman–Crippen LogP) is -5.26. The average Bonchev–Trinajstić information content (AvgIpc) is 1.82. The van der Waals surface area contributed by atoms with Crippen molar-refractivity contribution in [3.63, 3.8) is 0 Å². The van der Waals surface area contributed by atoms with Gasteiger partial charge in [-0.2, -0.15) is 0 Å². The summed E-state index contributed by atoms with van der Waals surface area (Å²) in [6.07, 6.45) is -2.72. The van der Waals surface area contributed by atoms with Crippen LogP contribution in [0.25, 0.3) is 0 Å². The molecule has 9 heteroatoms. The third kappa shape index (κ3) is 7.32. The summed E-state index contributed by atoms with van der Waals surface area (Å²) in [4.78, 5) is 30.0. The molecular weight excluding hydrogens is 302 g/mol. The van der Waals surface area contributed by atoms with Crippen LogP contribution < -0.4 is 15.3 Å². The fraction of sp³-hybridized carbons (Fsp3) is 0.500. The van der Waals surface area contributed by atoms with E-state index in [0.29, 0.717) is 0 Å². The molecule has 0 heterocycles. The SMILES string of the molecule is O=C([O-])CC(O)(CC(=O)[O-])C(=O)[O-].[Co+2].[Ni+2]. The van der Waals surface area contributed by atoms with E-state index >= 15 is 0 Å². The molecule has 0 aliphatic heterocycles. The summed E-state index contributed by atoms with van der Waals surface area (Å²) in [5.41, 5.74) is -2.97. The standard InChI is InChI=1S/C6H8O7.Co.Ni/c7-3(8)1-6(13,5(11)12)2-4(9)10;;/h13H,1-2H2,(H,7,8)(H,9,10)(H,11,12);;/q;2*+2/p-3. The van der Waals surface area contributed by atoms with Gasteiger partial charge in [0.1, 0.15) is 5.60 Å². The molecule has 0 saturated heterocycles. The number of aliphatic hydroxyl groups is 1. The number of aliphatic carboxylic acids is 3. The number of carboxylic acids is 3. The number of hydrogen-bond acceptors (Lipinski definition) is 7. The molecule has 0 aromatic rings. The van der Waals surface area contributed by atoms with Crippen LogP contribution in [0.1, 0.15) is 12.8 Å². The van der Waals surface area contributed by atoms with Gasteiger partial charge in [-0.1, -0.05) is 0 Å². The number of carboxylic acid groups (broad SMARTS) is 3. The molecule has 0 aliphatic rings. The molecule has 1 radical (unpaired) electrons. The predicted molar refractivity (Wildman–Crippen MR) is 29.2 cm³/mol. The van der Waals surface area contributed by atoms with Crippen LogP contribution in [-0.2, 0) is 47.7 Å². The van der Waals surface area contributed by atoms with Crippen LogP contribution in [0.15, 0.2) is 0 Å². The van der Waals surface area contributed by atoms with Gasteiger partial charge in [0, 0.05) is 24.8 Å². The molecule has 1 N–H and O–H groups in total. The molecule has 0 fully saturated rings. The Kier molecular flexibility index (Phi) is 10.1. The Morgan fingerprint density at radius 1 is 1.00 bits per heavy atom. The van der Waals surface area contributed by atoms with Crippen LogP contribution in [0.4, 0.5) is 0 Å². The largest absolute Gasteiger partial charge is 2.00 e. The summed E-state index contributed by atoms with van der Waals surface area (Å²) in [5.74, 6) is -5.98. The second-order valence-electron chi connectivity index (χ2n) is 2.42. The normalized spacial score (nSPS) is 9.40. The fourth-order valence-corrected chi connectivity index (χ4v) is 0.684. The molecule has 0 aliphatic carbocycles. The van der Waals surface area contributed by atoms with Gasteiger partial charge in [-0.25, -0.2) is 0 Å². The van der Waals surface area contributed by atoms with E-state index in [4.69, 9.17) is 5.11 Å². The van der Waals surface area contributed by atoms with Gasteiger partial charge < -0.3 is 34.8 Å². The molecule has 0 rings (SSSR count). The quantitative estimate of drug-likeness (QED) is 0.500. The number of carbonyl (C=O) groups is 3. The third-order valence-electron chi connectivity index (χ3n) is 1.25. The van der Waals surface area contributed by atoms with Gasteiger partial charge in [0.2, 0.25) is 0 Å². The number of carbonyl (C=O) groups excluding carboxylic acids is 3. The van der Waals surface area contributed by atoms with Crippen LogP contribution in [0.5, 0.6) is 0 Å². The van der Waals surface area contributed by atoms with Crippen LogP contribution in [0, 0.1) is 0 Å². The smallest absolute Gasteiger partial charge is 0.550 e. The maximum atomic E-state index is 10.1. The Bertz CT molecular complexity index is 238. The van der Waals surface area contributed by atoms with Gasteiger partial charge in [0.05, 0.1) is 5.97 Å². The van der Waals surface area contributed by atoms with Crippen molar-refractivity contribution in [1.82, 2.24) is 0 Å². The van der Waals surface area contributed by atoms with Gasteiger partial charge >= 0.3 is 33.3 Å². The minimum atomic E-state index is -2.97. The van der Waals surface area contributed by atoms with Crippen molar-refractivity contribution in [2.75, 3.05) is 0 Å². The summed E-state index contributed by atoms with van der Waals surface area (Å²) in [7, 11) is 0. The first kappa shape index (κ1) is 19.9. The van der Waals surface area contributed by atoms with Crippen molar-refractivity contribution < 1.29 is 68.1 Å². The van der Waals surface area contributed by atoms with Crippen molar-refractivity contribution in [2.45, 2.75) is 18.4 Å². The zero-order valence-electron chi connectivity index (χ0n) is 6.96. The summed E-state index contributed by atoms with van der Waals surface area (Å²) in [5, 5.41) is 38.9. The van der Waals surface area contributed by atoms with Crippen LogP contribution in [-0.4, -0.2) is 28.6 Å². The molecule has 15 heavy (non-hydrogen) atoms. The van der Waals surface area contributed by atoms with Crippen molar-refractivity contribution in [2.24, 2.45) is 0 Å². The van der Waals surface area contributed by atoms with Crippen molar-refractivity contribution >= 4 is 17.9 Å². The van der Waals surface area contributed by atoms with Crippen LogP contribution >= 0.6 is 0 Å². The molecule has 7 nitrogen and oxygen atoms in total. The Labute approximate surface area is 105 Å². The maximum Gasteiger partial charge on any atom is 2.00 e. The van der Waals surface area contributed by atoms with Gasteiger partial charge in [0.15, 0.2) is 0 Å². The van der Waals surface area contributed by atoms with E-state index in [1.807, 2.05) is 0 Å². The van der Waals surface area contributed by atoms with Gasteiger partial charge in [-0.05, 0) is 0 Å². The minimum absolute atomic E-state index is 0. The molecule has 0 saturated carbocycles. The van der Waals surface area contributed by atoms with Crippen molar-refractivity contribution in [1.29, 1.82) is 0 Å². The maximum absolute atomic E-state index is 10.1. The van der Waals surface area contributed by atoms with E-state index in [1.165, 1.54) is 0 Å². The Hall–Kier alpha value is -0.630. The zero-order chi connectivity index (χ0) is 10.6. The fourth-order valence-electron chi connectivity index (χ4n) is 0.684. The Balaban J connectivity index is -0.000000720. The second-order valence-corrected chi connectivity index (χ2v) is 2.42. The molecule has 0 spiro atoms. The summed E-state index contributed by atoms with van der Waals surface area (Å²) in [6, 6.07) is 0. The molecule has 0 aromatic carbocycles. The molecule has 0 aromatic heterocycles. The number of rotatable bonds is 5. The second kappa shape index (κ2) is 7.63. The molecule has 0 bridgehead atoms. The minimum Gasteiger partial charge on any atom is -0.550 e. The summed E-state index contributed by atoms with van der Waals surface area (Å²) in [6.45, 7) is 0. The zero-order valence-corrected chi connectivity index (χ0v) is 8.99. The molecule has 0 amide bonds. The molecule has 89 valence electrons. The van der Waals surface area contributed by atoms with Crippen LogP contribution in [0.3, 0.4) is 0 Å². The van der Waals surface area contributed by atoms with E-state index < -0.39 is 36.4 Å². The van der Waals surface area contributed by atoms with Crippen LogP contribution in [0.2, 0.25) is 0 Å². The van der Waals surface area contributed by atoms with E-state index in [2.05, 4.69) is 0 Å². The first-order valence-corrected chi connectivity index (χ1v) is 3.11. The van der Waals surface area contributed by atoms with E-state index in [9.17, 15) is 29.7 Å². The average molecular weight is 307 g/mol. The van der Waals surface area contributed by atoms with Gasteiger partial charge in [0.25, 0.3) is 0 Å². The van der Waals surface area contributed by atoms with Gasteiger partial charge in [-0.3, -0.25) is 0 Å². The molecule has 0 atom stereocenters. The Morgan fingerprint density at radius 3 is 1.40 bits per heavy atom. The first-order chi connectivity index (χ1) is 5.78. The van der Waals surface area contributed by atoms with Gasteiger partial charge in [-0.15, -0.1) is 0 Å². The Morgan fingerprint density at radius 2 is 1.27 bits per heavy atom. The molecular formula is C6H5CoNiO7+. The van der Waals surface area contributed by atoms with E-state index in [-0.39, 0.29) is 33.3 Å². The van der Waals surface area contributed by atoms with E-state index in [0.717, 1.165) is 0 Å². The van der Waals surface area contributed by atoms with Crippen molar-refractivity contribution in [3.05, 3.63) is 0 Å². The first-order valence-electron chi connectivity index (χ1n) is 3.11. The monoisotopic (exact) mass is 306 g/mol. The van der Waals surface area contributed by atoms with E-state index in [1.54, 1.807) is 0 Å². The topological polar surface area (TPSA) is 141 Å². The number of hydrogen-bond donors (Lipinski definition) is 1.